The van der Waals surface area contributed by atoms with Crippen molar-refractivity contribution in [2.45, 2.75) is 13.8 Å². The minimum Gasteiger partial charge on any atom is -0.489 e. The van der Waals surface area contributed by atoms with Crippen LogP contribution in [-0.2, 0) is 4.79 Å². The molecular weight excluding hydrogens is 300 g/mol. The quantitative estimate of drug-likeness (QED) is 0.743. The maximum atomic E-state index is 12.4. The van der Waals surface area contributed by atoms with Crippen LogP contribution >= 0.6 is 0 Å². The largest absolute Gasteiger partial charge is 0.489 e. The Morgan fingerprint density at radius 3 is 2.38 bits per heavy atom. The van der Waals surface area contributed by atoms with Crippen LogP contribution in [0.4, 0.5) is 11.4 Å². The highest BCUT2D eigenvalue weighted by atomic mass is 16.5. The molecule has 0 aliphatic carbocycles. The van der Waals surface area contributed by atoms with Gasteiger partial charge in [-0.15, -0.1) is 0 Å². The van der Waals surface area contributed by atoms with Crippen molar-refractivity contribution in [2.24, 2.45) is 0 Å². The zero-order chi connectivity index (χ0) is 17.4. The zero-order valence-corrected chi connectivity index (χ0v) is 14.3. The first kappa shape index (κ1) is 17.6. The highest BCUT2D eigenvalue weighted by molar-refractivity contribution is 5.96. The minimum atomic E-state index is 0.0336. The fourth-order valence-corrected chi connectivity index (χ4v) is 2.26. The number of rotatable bonds is 8. The molecule has 0 heterocycles. The maximum absolute atomic E-state index is 12.4. The minimum absolute atomic E-state index is 0.0336. The molecule has 0 atom stereocenters. The first-order valence-corrected chi connectivity index (χ1v) is 8.06. The molecule has 126 valence electrons. The summed E-state index contributed by atoms with van der Waals surface area (Å²) in [5.74, 6) is 0.820. The summed E-state index contributed by atoms with van der Waals surface area (Å²) in [6.45, 7) is 9.09. The predicted molar refractivity (Wildman–Crippen MR) is 99.7 cm³/mol. The van der Waals surface area contributed by atoms with E-state index < -0.39 is 0 Å². The Morgan fingerprint density at radius 1 is 1.12 bits per heavy atom. The Morgan fingerprint density at radius 2 is 1.79 bits per heavy atom. The average molecular weight is 324 g/mol. The number of nitrogens with one attached hydrogen (secondary N) is 1. The van der Waals surface area contributed by atoms with Crippen molar-refractivity contribution < 1.29 is 9.53 Å². The second kappa shape index (κ2) is 8.77. The molecule has 0 saturated heterocycles. The van der Waals surface area contributed by atoms with Crippen LogP contribution in [0.1, 0.15) is 13.8 Å². The van der Waals surface area contributed by atoms with Gasteiger partial charge in [-0.3, -0.25) is 4.79 Å². The van der Waals surface area contributed by atoms with Crippen LogP contribution in [0, 0.1) is 0 Å². The number of nitrogens with zero attached hydrogens (tertiary/aromatic N) is 1. The van der Waals surface area contributed by atoms with E-state index in [9.17, 15) is 4.79 Å². The van der Waals surface area contributed by atoms with E-state index in [0.717, 1.165) is 22.7 Å². The van der Waals surface area contributed by atoms with Crippen LogP contribution in [0.3, 0.4) is 0 Å². The molecule has 4 nitrogen and oxygen atoms in total. The Kier molecular flexibility index (Phi) is 6.43. The van der Waals surface area contributed by atoms with Crippen LogP contribution in [0.5, 0.6) is 5.75 Å². The van der Waals surface area contributed by atoms with Gasteiger partial charge in [0, 0.05) is 17.9 Å². The van der Waals surface area contributed by atoms with E-state index in [1.54, 1.807) is 4.90 Å². The van der Waals surface area contributed by atoms with Gasteiger partial charge in [0.1, 0.15) is 12.4 Å². The number of carbonyl (C=O) groups is 1. The van der Waals surface area contributed by atoms with Gasteiger partial charge >= 0.3 is 0 Å². The fraction of sp³-hybridized carbons (Fsp3) is 0.250. The van der Waals surface area contributed by atoms with E-state index in [4.69, 9.17) is 4.74 Å². The van der Waals surface area contributed by atoms with E-state index in [-0.39, 0.29) is 12.5 Å². The normalized spacial score (nSPS) is 10.1. The van der Waals surface area contributed by atoms with E-state index in [0.29, 0.717) is 13.2 Å². The number of likely N-dealkylation sites (N-methyl/N-ethyl adjacent to an activating group) is 1. The van der Waals surface area contributed by atoms with E-state index in [2.05, 4.69) is 11.9 Å². The van der Waals surface area contributed by atoms with Crippen molar-refractivity contribution in [2.75, 3.05) is 29.9 Å². The Balaban J connectivity index is 1.90. The number of para-hydroxylation sites is 1. The van der Waals surface area contributed by atoms with Crippen LogP contribution in [0.25, 0.3) is 0 Å². The lowest BCUT2D eigenvalue weighted by Crippen LogP contribution is -2.35. The SMILES string of the molecule is C=C(C)COc1ccc(NCC(=O)N(CC)c2ccccc2)cc1. The van der Waals surface area contributed by atoms with Crippen molar-refractivity contribution >= 4 is 17.3 Å². The second-order valence-electron chi connectivity index (χ2n) is 5.60. The molecule has 24 heavy (non-hydrogen) atoms. The molecule has 1 N–H and O–H groups in total. The molecule has 1 amide bonds. The standard InChI is InChI=1S/C20H24N2O2/c1-4-22(18-8-6-5-7-9-18)20(23)14-21-17-10-12-19(13-11-17)24-15-16(2)3/h5-13,21H,2,4,14-15H2,1,3H3. The van der Waals surface area contributed by atoms with Gasteiger partial charge in [0.05, 0.1) is 6.54 Å². The molecule has 0 fully saturated rings. The van der Waals surface area contributed by atoms with E-state index in [1.807, 2.05) is 68.4 Å². The summed E-state index contributed by atoms with van der Waals surface area (Å²) in [7, 11) is 0. The lowest BCUT2D eigenvalue weighted by atomic mass is 10.2. The van der Waals surface area contributed by atoms with E-state index in [1.165, 1.54) is 0 Å². The first-order chi connectivity index (χ1) is 11.6. The summed E-state index contributed by atoms with van der Waals surface area (Å²) in [5, 5.41) is 3.16. The monoisotopic (exact) mass is 324 g/mol. The zero-order valence-electron chi connectivity index (χ0n) is 14.3. The molecular formula is C20H24N2O2. The van der Waals surface area contributed by atoms with Crippen LogP contribution < -0.4 is 15.0 Å². The second-order valence-corrected chi connectivity index (χ2v) is 5.60. The smallest absolute Gasteiger partial charge is 0.246 e. The number of benzene rings is 2. The molecule has 0 aromatic heterocycles. The third-order valence-corrected chi connectivity index (χ3v) is 3.47. The summed E-state index contributed by atoms with van der Waals surface area (Å²) >= 11 is 0. The van der Waals surface area contributed by atoms with Crippen molar-refractivity contribution in [3.05, 3.63) is 66.7 Å². The molecule has 0 aliphatic heterocycles. The molecule has 2 aromatic carbocycles. The van der Waals surface area contributed by atoms with Crippen LogP contribution in [0.15, 0.2) is 66.7 Å². The molecule has 0 aliphatic rings. The van der Waals surface area contributed by atoms with Gasteiger partial charge < -0.3 is 15.0 Å². The number of hydrogen-bond acceptors (Lipinski definition) is 3. The molecule has 0 radical (unpaired) electrons. The van der Waals surface area contributed by atoms with Crippen molar-refractivity contribution in [1.29, 1.82) is 0 Å². The number of carbonyl (C=O) groups excluding carboxylic acids is 1. The summed E-state index contributed by atoms with van der Waals surface area (Å²) in [6, 6.07) is 17.3. The fourth-order valence-electron chi connectivity index (χ4n) is 2.26. The molecule has 2 aromatic rings. The van der Waals surface area contributed by atoms with Crippen molar-refractivity contribution in [3.63, 3.8) is 0 Å². The van der Waals surface area contributed by atoms with Crippen LogP contribution in [0.2, 0.25) is 0 Å². The van der Waals surface area contributed by atoms with Gasteiger partial charge in [-0.1, -0.05) is 24.8 Å². The molecule has 4 heteroatoms. The maximum Gasteiger partial charge on any atom is 0.246 e. The Labute approximate surface area is 143 Å². The third-order valence-electron chi connectivity index (χ3n) is 3.47. The number of ether oxygens (including phenoxy) is 1. The predicted octanol–water partition coefficient (Wildman–Crippen LogP) is 4.11. The van der Waals surface area contributed by atoms with Crippen molar-refractivity contribution in [1.82, 2.24) is 0 Å². The Hall–Kier alpha value is -2.75. The molecule has 0 bridgehead atoms. The summed E-state index contributed by atoms with van der Waals surface area (Å²) in [4.78, 5) is 14.2. The topological polar surface area (TPSA) is 41.6 Å². The van der Waals surface area contributed by atoms with Gasteiger partial charge in [-0.05, 0) is 55.8 Å². The molecule has 0 spiro atoms. The average Bonchev–Trinajstić information content (AvgIpc) is 2.60. The number of amides is 1. The number of hydrogen-bond donors (Lipinski definition) is 1. The van der Waals surface area contributed by atoms with Gasteiger partial charge in [-0.25, -0.2) is 0 Å². The highest BCUT2D eigenvalue weighted by Gasteiger charge is 2.13. The lowest BCUT2D eigenvalue weighted by Gasteiger charge is -2.21. The van der Waals surface area contributed by atoms with Gasteiger partial charge in [-0.2, -0.15) is 0 Å². The third kappa shape index (κ3) is 5.16. The highest BCUT2D eigenvalue weighted by Crippen LogP contribution is 2.17. The molecule has 0 unspecified atom stereocenters. The number of anilines is 2. The van der Waals surface area contributed by atoms with Gasteiger partial charge in [0.15, 0.2) is 0 Å². The van der Waals surface area contributed by atoms with Crippen LogP contribution in [-0.4, -0.2) is 25.6 Å². The summed E-state index contributed by atoms with van der Waals surface area (Å²) in [5.41, 5.74) is 2.77. The Bertz CT molecular complexity index is 666. The molecule has 2 rings (SSSR count). The first-order valence-electron chi connectivity index (χ1n) is 8.06. The van der Waals surface area contributed by atoms with E-state index >= 15 is 0 Å². The lowest BCUT2D eigenvalue weighted by molar-refractivity contribution is -0.116. The summed E-state index contributed by atoms with van der Waals surface area (Å²) < 4.78 is 5.56. The molecule has 0 saturated carbocycles. The van der Waals surface area contributed by atoms with Crippen molar-refractivity contribution in [3.8, 4) is 5.75 Å². The van der Waals surface area contributed by atoms with Gasteiger partial charge in [0.2, 0.25) is 5.91 Å². The summed E-state index contributed by atoms with van der Waals surface area (Å²) in [6.07, 6.45) is 0. The van der Waals surface area contributed by atoms with Gasteiger partial charge in [0.25, 0.3) is 0 Å².